The molecular formula is C21H24ClN3S. The quantitative estimate of drug-likeness (QED) is 0.498. The Labute approximate surface area is 164 Å². The maximum absolute atomic E-state index is 6.30. The second kappa shape index (κ2) is 6.82. The summed E-state index contributed by atoms with van der Waals surface area (Å²) < 4.78 is 0. The van der Waals surface area contributed by atoms with Crippen molar-refractivity contribution < 1.29 is 0 Å². The molecule has 1 saturated heterocycles. The van der Waals surface area contributed by atoms with Crippen molar-refractivity contribution in [3.05, 3.63) is 40.0 Å². The Morgan fingerprint density at radius 2 is 1.69 bits per heavy atom. The smallest absolute Gasteiger partial charge is 0.225 e. The first-order valence-corrected chi connectivity index (χ1v) is 10.4. The van der Waals surface area contributed by atoms with Gasteiger partial charge in [0, 0.05) is 23.5 Å². The van der Waals surface area contributed by atoms with Gasteiger partial charge in [0.2, 0.25) is 5.28 Å². The second-order valence-corrected chi connectivity index (χ2v) is 9.29. The number of hydrogen-bond donors (Lipinski definition) is 0. The lowest BCUT2D eigenvalue weighted by Gasteiger charge is -2.36. The summed E-state index contributed by atoms with van der Waals surface area (Å²) in [5, 5.41) is 1.50. The molecule has 0 saturated carbocycles. The number of piperidine rings is 1. The van der Waals surface area contributed by atoms with Gasteiger partial charge in [-0.15, -0.1) is 11.3 Å². The fraction of sp³-hybridized carbons (Fsp3) is 0.429. The minimum Gasteiger partial charge on any atom is -0.355 e. The number of fused-ring (bicyclic) bond motifs is 1. The summed E-state index contributed by atoms with van der Waals surface area (Å²) in [6.45, 7) is 11.0. The van der Waals surface area contributed by atoms with Crippen molar-refractivity contribution >= 4 is 39.0 Å². The third-order valence-corrected chi connectivity index (χ3v) is 6.36. The zero-order chi connectivity index (χ0) is 18.4. The summed E-state index contributed by atoms with van der Waals surface area (Å²) in [4.78, 5) is 13.9. The van der Waals surface area contributed by atoms with Gasteiger partial charge in [0.1, 0.15) is 10.6 Å². The van der Waals surface area contributed by atoms with Gasteiger partial charge in [-0.05, 0) is 49.3 Å². The van der Waals surface area contributed by atoms with Crippen molar-refractivity contribution in [2.45, 2.75) is 34.1 Å². The van der Waals surface area contributed by atoms with Gasteiger partial charge in [-0.1, -0.05) is 43.7 Å². The van der Waals surface area contributed by atoms with Crippen LogP contribution in [0.4, 0.5) is 5.82 Å². The van der Waals surface area contributed by atoms with Gasteiger partial charge in [0.15, 0.2) is 0 Å². The molecule has 0 spiro atoms. The maximum atomic E-state index is 6.30. The summed E-state index contributed by atoms with van der Waals surface area (Å²) >= 11 is 8.01. The van der Waals surface area contributed by atoms with Gasteiger partial charge < -0.3 is 4.90 Å². The standard InChI is InChI=1S/C21H24ClN3S/c1-12-5-7-16(8-6-12)17-15(4)26-20-18(17)19(23-21(22)24-20)25-10-13(2)9-14(3)11-25/h5-8,13-14H,9-11H2,1-4H3. The Morgan fingerprint density at radius 3 is 2.35 bits per heavy atom. The van der Waals surface area contributed by atoms with Crippen LogP contribution in [0.15, 0.2) is 24.3 Å². The highest BCUT2D eigenvalue weighted by atomic mass is 35.5. The maximum Gasteiger partial charge on any atom is 0.225 e. The van der Waals surface area contributed by atoms with Crippen molar-refractivity contribution in [1.82, 2.24) is 9.97 Å². The van der Waals surface area contributed by atoms with Gasteiger partial charge in [-0.3, -0.25) is 0 Å². The number of hydrogen-bond acceptors (Lipinski definition) is 4. The number of halogens is 1. The molecule has 26 heavy (non-hydrogen) atoms. The average molecular weight is 386 g/mol. The molecule has 4 rings (SSSR count). The van der Waals surface area contributed by atoms with Crippen LogP contribution in [0.1, 0.15) is 30.7 Å². The van der Waals surface area contributed by atoms with E-state index >= 15 is 0 Å². The first-order valence-electron chi connectivity index (χ1n) is 9.21. The highest BCUT2D eigenvalue weighted by molar-refractivity contribution is 7.19. The lowest BCUT2D eigenvalue weighted by Crippen LogP contribution is -2.39. The number of nitrogens with zero attached hydrogens (tertiary/aromatic N) is 3. The number of rotatable bonds is 2. The van der Waals surface area contributed by atoms with E-state index in [4.69, 9.17) is 16.6 Å². The number of aromatic nitrogens is 2. The van der Waals surface area contributed by atoms with Crippen LogP contribution in [-0.2, 0) is 0 Å². The SMILES string of the molecule is Cc1ccc(-c2c(C)sc3nc(Cl)nc(N4CC(C)CC(C)C4)c23)cc1. The molecule has 136 valence electrons. The van der Waals surface area contributed by atoms with Crippen molar-refractivity contribution in [3.8, 4) is 11.1 Å². The molecule has 0 bridgehead atoms. The zero-order valence-corrected chi connectivity index (χ0v) is 17.3. The van der Waals surface area contributed by atoms with E-state index in [-0.39, 0.29) is 0 Å². The van der Waals surface area contributed by atoms with Crippen LogP contribution in [0.2, 0.25) is 5.28 Å². The molecular weight excluding hydrogens is 362 g/mol. The van der Waals surface area contributed by atoms with Crippen molar-refractivity contribution in [2.75, 3.05) is 18.0 Å². The van der Waals surface area contributed by atoms with Crippen LogP contribution in [-0.4, -0.2) is 23.1 Å². The van der Waals surface area contributed by atoms with E-state index in [1.807, 2.05) is 0 Å². The minimum atomic E-state index is 0.343. The molecule has 1 aliphatic heterocycles. The largest absolute Gasteiger partial charge is 0.355 e. The molecule has 0 radical (unpaired) electrons. The minimum absolute atomic E-state index is 0.343. The van der Waals surface area contributed by atoms with Crippen LogP contribution in [0, 0.1) is 25.7 Å². The van der Waals surface area contributed by atoms with E-state index in [0.717, 1.165) is 29.1 Å². The summed E-state index contributed by atoms with van der Waals surface area (Å²) in [6.07, 6.45) is 1.27. The molecule has 3 heterocycles. The van der Waals surface area contributed by atoms with E-state index in [2.05, 4.69) is 61.8 Å². The lowest BCUT2D eigenvalue weighted by molar-refractivity contribution is 0.356. The van der Waals surface area contributed by atoms with Crippen molar-refractivity contribution in [2.24, 2.45) is 11.8 Å². The molecule has 0 aliphatic carbocycles. The van der Waals surface area contributed by atoms with Crippen LogP contribution < -0.4 is 4.90 Å². The van der Waals surface area contributed by atoms with Crippen LogP contribution in [0.3, 0.4) is 0 Å². The predicted octanol–water partition coefficient (Wildman–Crippen LogP) is 6.11. The molecule has 1 fully saturated rings. The molecule has 3 aromatic rings. The molecule has 5 heteroatoms. The Bertz CT molecular complexity index is 938. The van der Waals surface area contributed by atoms with Gasteiger partial charge in [0.05, 0.1) is 5.39 Å². The van der Waals surface area contributed by atoms with Crippen molar-refractivity contribution in [3.63, 3.8) is 0 Å². The van der Waals surface area contributed by atoms with Gasteiger partial charge >= 0.3 is 0 Å². The Morgan fingerprint density at radius 1 is 1.04 bits per heavy atom. The Hall–Kier alpha value is -1.65. The van der Waals surface area contributed by atoms with Crippen molar-refractivity contribution in [1.29, 1.82) is 0 Å². The first kappa shape index (κ1) is 17.7. The summed E-state index contributed by atoms with van der Waals surface area (Å²) in [5.74, 6) is 2.31. The third-order valence-electron chi connectivity index (χ3n) is 5.19. The number of aryl methyl sites for hydroxylation is 2. The highest BCUT2D eigenvalue weighted by Gasteiger charge is 2.27. The molecule has 1 aliphatic rings. The van der Waals surface area contributed by atoms with Crippen LogP contribution in [0.25, 0.3) is 21.3 Å². The molecule has 1 aromatic carbocycles. The number of thiophene rings is 1. The monoisotopic (exact) mass is 385 g/mol. The van der Waals surface area contributed by atoms with Crippen LogP contribution in [0.5, 0.6) is 0 Å². The first-order chi connectivity index (χ1) is 12.4. The number of benzene rings is 1. The molecule has 2 aromatic heterocycles. The molecule has 3 nitrogen and oxygen atoms in total. The van der Waals surface area contributed by atoms with Gasteiger partial charge in [-0.2, -0.15) is 4.98 Å². The van der Waals surface area contributed by atoms with Crippen LogP contribution >= 0.6 is 22.9 Å². The topological polar surface area (TPSA) is 29.0 Å². The fourth-order valence-corrected chi connectivity index (χ4v) is 5.46. The van der Waals surface area contributed by atoms with E-state index in [1.165, 1.54) is 28.0 Å². The van der Waals surface area contributed by atoms with E-state index in [0.29, 0.717) is 17.1 Å². The van der Waals surface area contributed by atoms with E-state index in [1.54, 1.807) is 11.3 Å². The average Bonchev–Trinajstić information content (AvgIpc) is 2.89. The zero-order valence-electron chi connectivity index (χ0n) is 15.7. The molecule has 2 unspecified atom stereocenters. The summed E-state index contributed by atoms with van der Waals surface area (Å²) in [5.41, 5.74) is 3.75. The molecule has 2 atom stereocenters. The van der Waals surface area contributed by atoms with Gasteiger partial charge in [0.25, 0.3) is 0 Å². The fourth-order valence-electron chi connectivity index (χ4n) is 4.20. The number of anilines is 1. The normalized spacial score (nSPS) is 20.7. The van der Waals surface area contributed by atoms with E-state index in [9.17, 15) is 0 Å². The Kier molecular flexibility index (Phi) is 4.66. The predicted molar refractivity (Wildman–Crippen MR) is 112 cm³/mol. The Balaban J connectivity index is 1.93. The van der Waals surface area contributed by atoms with E-state index < -0.39 is 0 Å². The highest BCUT2D eigenvalue weighted by Crippen LogP contribution is 2.43. The van der Waals surface area contributed by atoms with Gasteiger partial charge in [-0.25, -0.2) is 4.98 Å². The molecule has 0 N–H and O–H groups in total. The summed E-state index contributed by atoms with van der Waals surface area (Å²) in [7, 11) is 0. The second-order valence-electron chi connectivity index (χ2n) is 7.75. The third kappa shape index (κ3) is 3.21. The molecule has 0 amide bonds. The summed E-state index contributed by atoms with van der Waals surface area (Å²) in [6, 6.07) is 8.73. The lowest BCUT2D eigenvalue weighted by atomic mass is 9.91.